The zero-order valence-corrected chi connectivity index (χ0v) is 12.0. The third-order valence-electron chi connectivity index (χ3n) is 2.88. The maximum Gasteiger partial charge on any atom is 0.127 e. The quantitative estimate of drug-likeness (QED) is 0.915. The summed E-state index contributed by atoms with van der Waals surface area (Å²) in [5.41, 5.74) is 8.22. The van der Waals surface area contributed by atoms with Gasteiger partial charge in [0, 0.05) is 30.6 Å². The highest BCUT2D eigenvalue weighted by molar-refractivity contribution is 7.09. The molecule has 0 saturated heterocycles. The van der Waals surface area contributed by atoms with Gasteiger partial charge in [0.05, 0.1) is 10.7 Å². The van der Waals surface area contributed by atoms with E-state index >= 15 is 0 Å². The van der Waals surface area contributed by atoms with Crippen molar-refractivity contribution in [3.8, 4) is 0 Å². The van der Waals surface area contributed by atoms with E-state index in [1.165, 1.54) is 6.07 Å². The highest BCUT2D eigenvalue weighted by Crippen LogP contribution is 2.14. The molecule has 0 aliphatic rings. The minimum atomic E-state index is -0.232. The number of hydrogen-bond donors (Lipinski definition) is 1. The first-order valence-electron chi connectivity index (χ1n) is 6.15. The first kappa shape index (κ1) is 14.1. The van der Waals surface area contributed by atoms with Crippen molar-refractivity contribution in [2.75, 3.05) is 7.05 Å². The summed E-state index contributed by atoms with van der Waals surface area (Å²) in [6.07, 6.45) is 0. The van der Waals surface area contributed by atoms with Crippen LogP contribution in [-0.2, 0) is 19.6 Å². The van der Waals surface area contributed by atoms with Crippen molar-refractivity contribution >= 4 is 11.3 Å². The minimum absolute atomic E-state index is 0.231. The third kappa shape index (κ3) is 3.83. The Kier molecular flexibility index (Phi) is 4.63. The molecule has 2 N–H and O–H groups in total. The van der Waals surface area contributed by atoms with E-state index in [1.54, 1.807) is 17.4 Å². The molecule has 0 spiro atoms. The van der Waals surface area contributed by atoms with E-state index < -0.39 is 0 Å². The normalized spacial score (nSPS) is 11.2. The number of benzene rings is 1. The first-order chi connectivity index (χ1) is 9.08. The number of aromatic nitrogens is 1. The lowest BCUT2D eigenvalue weighted by molar-refractivity contribution is 0.315. The van der Waals surface area contributed by atoms with E-state index in [1.807, 2.05) is 20.0 Å². The second-order valence-corrected chi connectivity index (χ2v) is 5.72. The van der Waals surface area contributed by atoms with Crippen LogP contribution in [0, 0.1) is 12.7 Å². The number of nitrogens with zero attached hydrogens (tertiary/aromatic N) is 2. The zero-order chi connectivity index (χ0) is 13.8. The average molecular weight is 279 g/mol. The summed E-state index contributed by atoms with van der Waals surface area (Å²) in [5, 5.41) is 3.15. The van der Waals surface area contributed by atoms with Crippen LogP contribution in [0.3, 0.4) is 0 Å². The molecule has 0 radical (unpaired) electrons. The molecule has 0 aliphatic carbocycles. The molecule has 2 rings (SSSR count). The van der Waals surface area contributed by atoms with Crippen LogP contribution < -0.4 is 5.73 Å². The fraction of sp³-hybridized carbons (Fsp3) is 0.357. The lowest BCUT2D eigenvalue weighted by Gasteiger charge is -2.16. The van der Waals surface area contributed by atoms with Crippen LogP contribution in [0.5, 0.6) is 0 Å². The molecule has 5 heteroatoms. The SMILES string of the molecule is Cc1nc(CN(C)Cc2ccc(F)c(CN)c2)cs1. The molecular weight excluding hydrogens is 261 g/mol. The van der Waals surface area contributed by atoms with Gasteiger partial charge in [0.1, 0.15) is 5.82 Å². The maximum absolute atomic E-state index is 13.4. The monoisotopic (exact) mass is 279 g/mol. The molecular formula is C14H18FN3S. The van der Waals surface area contributed by atoms with E-state index in [0.717, 1.165) is 29.4 Å². The van der Waals surface area contributed by atoms with Gasteiger partial charge in [-0.1, -0.05) is 12.1 Å². The molecule has 0 atom stereocenters. The molecule has 19 heavy (non-hydrogen) atoms. The summed E-state index contributed by atoms with van der Waals surface area (Å²) in [6.45, 7) is 3.78. The van der Waals surface area contributed by atoms with Gasteiger partial charge >= 0.3 is 0 Å². The Bertz CT molecular complexity index is 553. The van der Waals surface area contributed by atoms with E-state index in [-0.39, 0.29) is 12.4 Å². The topological polar surface area (TPSA) is 42.2 Å². The second kappa shape index (κ2) is 6.23. The number of nitrogens with two attached hydrogens (primary N) is 1. The van der Waals surface area contributed by atoms with Crippen molar-refractivity contribution < 1.29 is 4.39 Å². The average Bonchev–Trinajstić information content (AvgIpc) is 2.77. The van der Waals surface area contributed by atoms with Gasteiger partial charge in [0.25, 0.3) is 0 Å². The van der Waals surface area contributed by atoms with Crippen LogP contribution in [0.2, 0.25) is 0 Å². The van der Waals surface area contributed by atoms with Gasteiger partial charge in [-0.05, 0) is 25.6 Å². The number of hydrogen-bond acceptors (Lipinski definition) is 4. The number of rotatable bonds is 5. The van der Waals surface area contributed by atoms with Gasteiger partial charge in [-0.25, -0.2) is 9.37 Å². The summed E-state index contributed by atoms with van der Waals surface area (Å²) in [4.78, 5) is 6.59. The van der Waals surface area contributed by atoms with Gasteiger partial charge in [0.15, 0.2) is 0 Å². The lowest BCUT2D eigenvalue weighted by Crippen LogP contribution is -2.17. The van der Waals surface area contributed by atoms with Crippen molar-refractivity contribution in [1.29, 1.82) is 0 Å². The Labute approximate surface area is 116 Å². The highest BCUT2D eigenvalue weighted by Gasteiger charge is 2.07. The molecule has 0 amide bonds. The number of thiazole rings is 1. The van der Waals surface area contributed by atoms with Crippen LogP contribution >= 0.6 is 11.3 Å². The van der Waals surface area contributed by atoms with E-state index in [0.29, 0.717) is 5.56 Å². The zero-order valence-electron chi connectivity index (χ0n) is 11.2. The van der Waals surface area contributed by atoms with Crippen LogP contribution in [0.1, 0.15) is 21.8 Å². The Morgan fingerprint density at radius 1 is 1.37 bits per heavy atom. The van der Waals surface area contributed by atoms with E-state index in [4.69, 9.17) is 5.73 Å². The van der Waals surface area contributed by atoms with Gasteiger partial charge in [-0.2, -0.15) is 0 Å². The minimum Gasteiger partial charge on any atom is -0.326 e. The third-order valence-corrected chi connectivity index (χ3v) is 3.70. The van der Waals surface area contributed by atoms with Crippen molar-refractivity contribution in [3.05, 3.63) is 51.2 Å². The summed E-state index contributed by atoms with van der Waals surface area (Å²) in [7, 11) is 2.03. The fourth-order valence-electron chi connectivity index (χ4n) is 2.01. The molecule has 0 aliphatic heterocycles. The lowest BCUT2D eigenvalue weighted by atomic mass is 10.1. The Morgan fingerprint density at radius 3 is 2.79 bits per heavy atom. The highest BCUT2D eigenvalue weighted by atomic mass is 32.1. The van der Waals surface area contributed by atoms with Gasteiger partial charge in [-0.3, -0.25) is 4.90 Å². The van der Waals surface area contributed by atoms with Crippen LogP contribution in [0.4, 0.5) is 4.39 Å². The van der Waals surface area contributed by atoms with Crippen molar-refractivity contribution in [1.82, 2.24) is 9.88 Å². The van der Waals surface area contributed by atoms with Crippen molar-refractivity contribution in [2.24, 2.45) is 5.73 Å². The maximum atomic E-state index is 13.4. The molecule has 1 heterocycles. The van der Waals surface area contributed by atoms with Gasteiger partial charge in [-0.15, -0.1) is 11.3 Å². The van der Waals surface area contributed by atoms with Gasteiger partial charge in [0.2, 0.25) is 0 Å². The molecule has 3 nitrogen and oxygen atoms in total. The Morgan fingerprint density at radius 2 is 2.16 bits per heavy atom. The van der Waals surface area contributed by atoms with Crippen molar-refractivity contribution in [2.45, 2.75) is 26.6 Å². The molecule has 0 saturated carbocycles. The van der Waals surface area contributed by atoms with Crippen LogP contribution in [-0.4, -0.2) is 16.9 Å². The Hall–Kier alpha value is -1.30. The first-order valence-corrected chi connectivity index (χ1v) is 7.03. The van der Waals surface area contributed by atoms with Crippen LogP contribution in [0.25, 0.3) is 0 Å². The predicted molar refractivity (Wildman–Crippen MR) is 76.3 cm³/mol. The van der Waals surface area contributed by atoms with E-state index in [9.17, 15) is 4.39 Å². The largest absolute Gasteiger partial charge is 0.326 e. The summed E-state index contributed by atoms with van der Waals surface area (Å²) in [6, 6.07) is 5.12. The number of aryl methyl sites for hydroxylation is 1. The standard InChI is InChI=1S/C14H18FN3S/c1-10-17-13(9-19-10)8-18(2)7-11-3-4-14(15)12(5-11)6-16/h3-5,9H,6-8,16H2,1-2H3. The molecule has 2 aromatic rings. The summed E-state index contributed by atoms with van der Waals surface area (Å²) >= 11 is 1.66. The molecule has 1 aromatic carbocycles. The molecule has 0 bridgehead atoms. The fourth-order valence-corrected chi connectivity index (χ4v) is 2.61. The predicted octanol–water partition coefficient (Wildman–Crippen LogP) is 2.68. The molecule has 0 fully saturated rings. The van der Waals surface area contributed by atoms with Crippen molar-refractivity contribution in [3.63, 3.8) is 0 Å². The molecule has 1 aromatic heterocycles. The molecule has 102 valence electrons. The number of halogens is 1. The van der Waals surface area contributed by atoms with Crippen LogP contribution in [0.15, 0.2) is 23.6 Å². The smallest absolute Gasteiger partial charge is 0.127 e. The van der Waals surface area contributed by atoms with Gasteiger partial charge < -0.3 is 5.73 Å². The Balaban J connectivity index is 2.00. The molecule has 0 unspecified atom stereocenters. The summed E-state index contributed by atoms with van der Waals surface area (Å²) < 4.78 is 13.4. The van der Waals surface area contributed by atoms with E-state index in [2.05, 4.69) is 15.3 Å². The summed E-state index contributed by atoms with van der Waals surface area (Å²) in [5.74, 6) is -0.232. The second-order valence-electron chi connectivity index (χ2n) is 4.66.